The lowest BCUT2D eigenvalue weighted by atomic mass is 10.1. The van der Waals surface area contributed by atoms with Crippen molar-refractivity contribution in [1.29, 1.82) is 0 Å². The molecule has 1 amide bonds. The summed E-state index contributed by atoms with van der Waals surface area (Å²) in [6.07, 6.45) is 3.48. The summed E-state index contributed by atoms with van der Waals surface area (Å²) in [5, 5.41) is 3.65. The molecule has 1 aromatic carbocycles. The Bertz CT molecular complexity index is 560. The lowest BCUT2D eigenvalue weighted by molar-refractivity contribution is -0.119. The number of pyridine rings is 1. The molecule has 1 unspecified atom stereocenters. The number of hydrogen-bond donors (Lipinski definition) is 1. The van der Waals surface area contributed by atoms with Crippen molar-refractivity contribution in [3.8, 4) is 0 Å². The maximum absolute atomic E-state index is 11.9. The molecule has 2 rings (SSSR count). The van der Waals surface area contributed by atoms with Crippen molar-refractivity contribution in [3.63, 3.8) is 0 Å². The van der Waals surface area contributed by atoms with Crippen molar-refractivity contribution in [3.05, 3.63) is 59.4 Å². The molecule has 0 aliphatic heterocycles. The van der Waals surface area contributed by atoms with Gasteiger partial charge in [0.25, 0.3) is 0 Å². The number of benzene rings is 1. The molecule has 1 aromatic heterocycles. The van der Waals surface area contributed by atoms with Crippen molar-refractivity contribution in [2.75, 3.05) is 5.75 Å². The van der Waals surface area contributed by atoms with Gasteiger partial charge in [-0.1, -0.05) is 17.7 Å². The van der Waals surface area contributed by atoms with Crippen molar-refractivity contribution in [2.45, 2.75) is 17.9 Å². The van der Waals surface area contributed by atoms with Gasteiger partial charge in [-0.25, -0.2) is 0 Å². The minimum Gasteiger partial charge on any atom is -0.349 e. The number of hydrogen-bond acceptors (Lipinski definition) is 3. The Labute approximate surface area is 127 Å². The molecule has 0 aliphatic carbocycles. The number of nitrogens with zero attached hydrogens (tertiary/aromatic N) is 1. The highest BCUT2D eigenvalue weighted by molar-refractivity contribution is 8.00. The first-order valence-electron chi connectivity index (χ1n) is 6.23. The summed E-state index contributed by atoms with van der Waals surface area (Å²) in [5.74, 6) is 0.382. The Balaban J connectivity index is 1.82. The quantitative estimate of drug-likeness (QED) is 0.856. The highest BCUT2D eigenvalue weighted by Crippen LogP contribution is 2.20. The van der Waals surface area contributed by atoms with E-state index in [0.717, 1.165) is 10.5 Å². The first kappa shape index (κ1) is 14.9. The van der Waals surface area contributed by atoms with Gasteiger partial charge in [-0.3, -0.25) is 9.78 Å². The van der Waals surface area contributed by atoms with Crippen LogP contribution >= 0.6 is 23.4 Å². The molecule has 5 heteroatoms. The summed E-state index contributed by atoms with van der Waals surface area (Å²) in [5.41, 5.74) is 0.998. The smallest absolute Gasteiger partial charge is 0.230 e. The number of amides is 1. The van der Waals surface area contributed by atoms with Crippen LogP contribution in [-0.4, -0.2) is 16.6 Å². The third kappa shape index (κ3) is 4.54. The Morgan fingerprint density at radius 2 is 2.10 bits per heavy atom. The summed E-state index contributed by atoms with van der Waals surface area (Å²) in [7, 11) is 0. The van der Waals surface area contributed by atoms with Crippen LogP contribution in [0.4, 0.5) is 0 Å². The monoisotopic (exact) mass is 306 g/mol. The van der Waals surface area contributed by atoms with Gasteiger partial charge >= 0.3 is 0 Å². The van der Waals surface area contributed by atoms with Crippen LogP contribution in [-0.2, 0) is 4.79 Å². The van der Waals surface area contributed by atoms with Crippen LogP contribution < -0.4 is 5.32 Å². The molecule has 0 fully saturated rings. The summed E-state index contributed by atoms with van der Waals surface area (Å²) < 4.78 is 0. The van der Waals surface area contributed by atoms with E-state index in [9.17, 15) is 4.79 Å². The molecule has 104 valence electrons. The average molecular weight is 307 g/mol. The van der Waals surface area contributed by atoms with Crippen LogP contribution in [0.5, 0.6) is 0 Å². The minimum absolute atomic E-state index is 0.00121. The van der Waals surface area contributed by atoms with Crippen molar-refractivity contribution in [1.82, 2.24) is 10.3 Å². The number of rotatable bonds is 5. The van der Waals surface area contributed by atoms with E-state index in [0.29, 0.717) is 10.8 Å². The Morgan fingerprint density at radius 3 is 2.75 bits per heavy atom. The molecular weight excluding hydrogens is 292 g/mol. The molecule has 0 aliphatic rings. The molecule has 1 heterocycles. The zero-order chi connectivity index (χ0) is 14.4. The van der Waals surface area contributed by atoms with Crippen molar-refractivity contribution in [2.24, 2.45) is 0 Å². The van der Waals surface area contributed by atoms with Crippen LogP contribution in [0.1, 0.15) is 18.5 Å². The predicted octanol–water partition coefficient (Wildman–Crippen LogP) is 3.70. The molecule has 2 aromatic rings. The van der Waals surface area contributed by atoms with Crippen LogP contribution in [0.3, 0.4) is 0 Å². The third-order valence-corrected chi connectivity index (χ3v) is 4.01. The van der Waals surface area contributed by atoms with E-state index in [1.807, 2.05) is 43.3 Å². The van der Waals surface area contributed by atoms with Gasteiger partial charge < -0.3 is 5.32 Å². The van der Waals surface area contributed by atoms with Crippen molar-refractivity contribution >= 4 is 29.3 Å². The largest absolute Gasteiger partial charge is 0.349 e. The molecule has 0 bridgehead atoms. The van der Waals surface area contributed by atoms with E-state index in [-0.39, 0.29) is 11.9 Å². The van der Waals surface area contributed by atoms with Gasteiger partial charge in [0.2, 0.25) is 5.91 Å². The van der Waals surface area contributed by atoms with Gasteiger partial charge in [0, 0.05) is 22.3 Å². The van der Waals surface area contributed by atoms with Crippen molar-refractivity contribution < 1.29 is 4.79 Å². The van der Waals surface area contributed by atoms with E-state index in [1.54, 1.807) is 12.4 Å². The first-order chi connectivity index (χ1) is 9.65. The first-order valence-corrected chi connectivity index (χ1v) is 7.59. The molecule has 1 atom stereocenters. The normalized spacial score (nSPS) is 11.9. The van der Waals surface area contributed by atoms with Crippen LogP contribution in [0, 0.1) is 0 Å². The van der Waals surface area contributed by atoms with Crippen LogP contribution in [0.15, 0.2) is 53.7 Å². The molecule has 0 saturated carbocycles. The number of halogens is 1. The summed E-state index contributed by atoms with van der Waals surface area (Å²) in [4.78, 5) is 17.0. The van der Waals surface area contributed by atoms with Gasteiger partial charge in [0.1, 0.15) is 0 Å². The Morgan fingerprint density at radius 1 is 1.35 bits per heavy atom. The highest BCUT2D eigenvalue weighted by atomic mass is 35.5. The summed E-state index contributed by atoms with van der Waals surface area (Å²) in [6.45, 7) is 1.95. The van der Waals surface area contributed by atoms with Gasteiger partial charge in [0.15, 0.2) is 0 Å². The fourth-order valence-corrected chi connectivity index (χ4v) is 2.51. The van der Waals surface area contributed by atoms with E-state index in [4.69, 9.17) is 11.6 Å². The zero-order valence-electron chi connectivity index (χ0n) is 11.0. The molecule has 0 spiro atoms. The fourth-order valence-electron chi connectivity index (χ4n) is 1.68. The highest BCUT2D eigenvalue weighted by Gasteiger charge is 2.09. The SMILES string of the molecule is CC(NC(=O)CSc1ccc(Cl)cc1)c1cccnc1. The lowest BCUT2D eigenvalue weighted by Crippen LogP contribution is -2.28. The molecule has 20 heavy (non-hydrogen) atoms. The van der Waals surface area contributed by atoms with E-state index < -0.39 is 0 Å². The van der Waals surface area contributed by atoms with Gasteiger partial charge in [0.05, 0.1) is 11.8 Å². The maximum atomic E-state index is 11.9. The van der Waals surface area contributed by atoms with Crippen LogP contribution in [0.25, 0.3) is 0 Å². The minimum atomic E-state index is -0.0398. The number of nitrogens with one attached hydrogen (secondary N) is 1. The second-order valence-electron chi connectivity index (χ2n) is 4.32. The van der Waals surface area contributed by atoms with Gasteiger partial charge in [-0.2, -0.15) is 0 Å². The zero-order valence-corrected chi connectivity index (χ0v) is 12.6. The Kier molecular flexibility index (Phi) is 5.44. The maximum Gasteiger partial charge on any atom is 0.230 e. The number of carbonyl (C=O) groups excluding carboxylic acids is 1. The van der Waals surface area contributed by atoms with E-state index in [1.165, 1.54) is 11.8 Å². The number of thioether (sulfide) groups is 1. The molecular formula is C15H15ClN2OS. The van der Waals surface area contributed by atoms with Gasteiger partial charge in [-0.15, -0.1) is 11.8 Å². The molecule has 0 saturated heterocycles. The standard InChI is InChI=1S/C15H15ClN2OS/c1-11(12-3-2-8-17-9-12)18-15(19)10-20-14-6-4-13(16)5-7-14/h2-9,11H,10H2,1H3,(H,18,19). The lowest BCUT2D eigenvalue weighted by Gasteiger charge is -2.13. The average Bonchev–Trinajstić information content (AvgIpc) is 2.47. The predicted molar refractivity (Wildman–Crippen MR) is 83.0 cm³/mol. The second kappa shape index (κ2) is 7.31. The number of carbonyl (C=O) groups is 1. The Hall–Kier alpha value is -1.52. The summed E-state index contributed by atoms with van der Waals surface area (Å²) in [6, 6.07) is 11.2. The van der Waals surface area contributed by atoms with E-state index >= 15 is 0 Å². The number of aromatic nitrogens is 1. The van der Waals surface area contributed by atoms with E-state index in [2.05, 4.69) is 10.3 Å². The topological polar surface area (TPSA) is 42.0 Å². The molecule has 1 N–H and O–H groups in total. The third-order valence-electron chi connectivity index (χ3n) is 2.75. The van der Waals surface area contributed by atoms with Crippen LogP contribution in [0.2, 0.25) is 5.02 Å². The second-order valence-corrected chi connectivity index (χ2v) is 5.80. The van der Waals surface area contributed by atoms with Gasteiger partial charge in [-0.05, 0) is 42.8 Å². The summed E-state index contributed by atoms with van der Waals surface area (Å²) >= 11 is 7.30. The fraction of sp³-hybridized carbons (Fsp3) is 0.200. The molecule has 3 nitrogen and oxygen atoms in total. The molecule has 0 radical (unpaired) electrons.